The van der Waals surface area contributed by atoms with Crippen molar-refractivity contribution < 1.29 is 19.3 Å². The molecule has 1 aliphatic heterocycles. The van der Waals surface area contributed by atoms with Gasteiger partial charge in [0.1, 0.15) is 11.7 Å². The van der Waals surface area contributed by atoms with Crippen LogP contribution in [0.5, 0.6) is 5.88 Å². The van der Waals surface area contributed by atoms with E-state index in [0.717, 1.165) is 25.9 Å². The summed E-state index contributed by atoms with van der Waals surface area (Å²) in [4.78, 5) is 8.68. The van der Waals surface area contributed by atoms with Crippen molar-refractivity contribution in [2.45, 2.75) is 36.7 Å². The van der Waals surface area contributed by atoms with Gasteiger partial charge in [-0.2, -0.15) is 0 Å². The molecule has 7 heteroatoms. The Bertz CT molecular complexity index is 588. The number of hydrogen-bond acceptors (Lipinski definition) is 7. The molecule has 0 radical (unpaired) electrons. The zero-order valence-electron chi connectivity index (χ0n) is 16.9. The molecular formula is C20H33N3O4. The lowest BCUT2D eigenvalue weighted by Crippen LogP contribution is -2.61. The molecule has 1 saturated carbocycles. The van der Waals surface area contributed by atoms with E-state index in [2.05, 4.69) is 35.9 Å². The molecule has 0 unspecified atom stereocenters. The third-order valence-electron chi connectivity index (χ3n) is 5.82. The number of nitrogens with zero attached hydrogens (tertiary/aromatic N) is 3. The first-order valence-corrected chi connectivity index (χ1v) is 9.69. The van der Waals surface area contributed by atoms with E-state index in [1.165, 1.54) is 0 Å². The van der Waals surface area contributed by atoms with Gasteiger partial charge in [0.05, 0.1) is 25.4 Å². The quantitative estimate of drug-likeness (QED) is 0.719. The van der Waals surface area contributed by atoms with Gasteiger partial charge in [-0.3, -0.25) is 4.90 Å². The Balaban J connectivity index is 1.79. The maximum absolute atomic E-state index is 11.6. The number of aromatic nitrogens is 1. The summed E-state index contributed by atoms with van der Waals surface area (Å²) in [5, 5.41) is 11.6. The molecule has 1 aliphatic carbocycles. The minimum Gasteiger partial charge on any atom is -0.473 e. The first-order valence-electron chi connectivity index (χ1n) is 9.69. The lowest BCUT2D eigenvalue weighted by atomic mass is 9.82. The summed E-state index contributed by atoms with van der Waals surface area (Å²) in [6, 6.07) is 5.51. The van der Waals surface area contributed by atoms with Gasteiger partial charge in [-0.05, 0) is 46.0 Å². The lowest BCUT2D eigenvalue weighted by molar-refractivity contribution is -0.177. The first-order chi connectivity index (χ1) is 12.9. The highest BCUT2D eigenvalue weighted by Crippen LogP contribution is 2.45. The Morgan fingerprint density at radius 1 is 1.26 bits per heavy atom. The number of rotatable bonds is 8. The largest absolute Gasteiger partial charge is 0.473 e. The van der Waals surface area contributed by atoms with Crippen LogP contribution in [0, 0.1) is 5.92 Å². The number of pyridine rings is 1. The summed E-state index contributed by atoms with van der Waals surface area (Å²) in [5.74, 6) is 0.719. The zero-order chi connectivity index (χ0) is 19.4. The minimum absolute atomic E-state index is 0.0293. The third-order valence-corrected chi connectivity index (χ3v) is 5.82. The smallest absolute Gasteiger partial charge is 0.213 e. The van der Waals surface area contributed by atoms with Crippen LogP contribution in [0.15, 0.2) is 24.4 Å². The molecule has 0 bridgehead atoms. The summed E-state index contributed by atoms with van der Waals surface area (Å²) in [6.45, 7) is 2.62. The fourth-order valence-electron chi connectivity index (χ4n) is 4.47. The SMILES string of the molecule is COC[C@H]1C[C@H]2C[C@@H](Oc3ccccn3)[C@H](N(C)CCN(C)C)[C@]2(O)CO1. The van der Waals surface area contributed by atoms with E-state index in [-0.39, 0.29) is 24.2 Å². The molecule has 27 heavy (non-hydrogen) atoms. The number of fused-ring (bicyclic) bond motifs is 1. The van der Waals surface area contributed by atoms with Crippen molar-refractivity contribution in [3.63, 3.8) is 0 Å². The molecular weight excluding hydrogens is 346 g/mol. The van der Waals surface area contributed by atoms with Crippen LogP contribution in [0.4, 0.5) is 0 Å². The summed E-state index contributed by atoms with van der Waals surface area (Å²) >= 11 is 0. The highest BCUT2D eigenvalue weighted by atomic mass is 16.5. The Hall–Kier alpha value is -1.25. The van der Waals surface area contributed by atoms with E-state index in [0.29, 0.717) is 19.1 Å². The second-order valence-corrected chi connectivity index (χ2v) is 8.10. The number of likely N-dealkylation sites (N-methyl/N-ethyl adjacent to an activating group) is 2. The standard InChI is InChI=1S/C20H33N3O4/c1-22(2)9-10-23(3)19-17(27-18-7-5-6-8-21-18)12-15-11-16(13-25-4)26-14-20(15,19)24/h5-8,15-17,19,24H,9-14H2,1-4H3/t15-,16+,17+,19-,20-/m0/s1. The van der Waals surface area contributed by atoms with E-state index >= 15 is 0 Å². The molecule has 2 fully saturated rings. The van der Waals surface area contributed by atoms with Gasteiger partial charge in [-0.25, -0.2) is 4.98 Å². The minimum atomic E-state index is -0.926. The highest BCUT2D eigenvalue weighted by molar-refractivity contribution is 5.15. The van der Waals surface area contributed by atoms with Crippen LogP contribution < -0.4 is 4.74 Å². The van der Waals surface area contributed by atoms with Crippen molar-refractivity contribution in [2.24, 2.45) is 5.92 Å². The monoisotopic (exact) mass is 379 g/mol. The van der Waals surface area contributed by atoms with E-state index < -0.39 is 5.60 Å². The normalized spacial score (nSPS) is 33.4. The fraction of sp³-hybridized carbons (Fsp3) is 0.750. The number of ether oxygens (including phenoxy) is 3. The molecule has 1 saturated heterocycles. The van der Waals surface area contributed by atoms with E-state index in [4.69, 9.17) is 14.2 Å². The van der Waals surface area contributed by atoms with Crippen LogP contribution in [0.25, 0.3) is 0 Å². The molecule has 1 N–H and O–H groups in total. The molecule has 0 spiro atoms. The Morgan fingerprint density at radius 2 is 2.07 bits per heavy atom. The Kier molecular flexibility index (Phi) is 6.70. The summed E-state index contributed by atoms with van der Waals surface area (Å²) in [5.41, 5.74) is -0.926. The molecule has 5 atom stereocenters. The van der Waals surface area contributed by atoms with E-state index in [1.807, 2.05) is 18.2 Å². The highest BCUT2D eigenvalue weighted by Gasteiger charge is 2.59. The molecule has 3 rings (SSSR count). The van der Waals surface area contributed by atoms with Gasteiger partial charge in [0.25, 0.3) is 0 Å². The maximum atomic E-state index is 11.6. The predicted molar refractivity (Wildman–Crippen MR) is 103 cm³/mol. The molecule has 1 aromatic heterocycles. The summed E-state index contributed by atoms with van der Waals surface area (Å²) < 4.78 is 17.5. The van der Waals surface area contributed by atoms with E-state index in [1.54, 1.807) is 13.3 Å². The van der Waals surface area contributed by atoms with Crippen molar-refractivity contribution in [3.8, 4) is 5.88 Å². The van der Waals surface area contributed by atoms with Crippen molar-refractivity contribution in [1.82, 2.24) is 14.8 Å². The number of aliphatic hydroxyl groups is 1. The predicted octanol–water partition coefficient (Wildman–Crippen LogP) is 0.877. The van der Waals surface area contributed by atoms with Crippen molar-refractivity contribution in [2.75, 3.05) is 54.6 Å². The average molecular weight is 380 g/mol. The maximum Gasteiger partial charge on any atom is 0.213 e. The molecule has 7 nitrogen and oxygen atoms in total. The molecule has 1 aromatic rings. The fourth-order valence-corrected chi connectivity index (χ4v) is 4.47. The number of methoxy groups -OCH3 is 1. The first kappa shape index (κ1) is 20.5. The summed E-state index contributed by atoms with van der Waals surface area (Å²) in [7, 11) is 7.86. The van der Waals surface area contributed by atoms with Crippen LogP contribution in [0.3, 0.4) is 0 Å². The summed E-state index contributed by atoms with van der Waals surface area (Å²) in [6.07, 6.45) is 3.20. The zero-order valence-corrected chi connectivity index (χ0v) is 16.9. The number of hydrogen-bond donors (Lipinski definition) is 1. The Morgan fingerprint density at radius 3 is 2.74 bits per heavy atom. The molecule has 2 aliphatic rings. The third kappa shape index (κ3) is 4.60. The average Bonchev–Trinajstić information content (AvgIpc) is 2.92. The van der Waals surface area contributed by atoms with Gasteiger partial charge >= 0.3 is 0 Å². The van der Waals surface area contributed by atoms with Gasteiger partial charge < -0.3 is 24.2 Å². The molecule has 0 aromatic carbocycles. The second-order valence-electron chi connectivity index (χ2n) is 8.10. The van der Waals surface area contributed by atoms with Crippen LogP contribution in [0.1, 0.15) is 12.8 Å². The Labute approximate surface area is 162 Å². The van der Waals surface area contributed by atoms with Crippen LogP contribution >= 0.6 is 0 Å². The lowest BCUT2D eigenvalue weighted by Gasteiger charge is -2.44. The topological polar surface area (TPSA) is 67.3 Å². The molecule has 0 amide bonds. The van der Waals surface area contributed by atoms with Gasteiger partial charge in [-0.1, -0.05) is 6.07 Å². The van der Waals surface area contributed by atoms with E-state index in [9.17, 15) is 5.11 Å². The van der Waals surface area contributed by atoms with Crippen molar-refractivity contribution >= 4 is 0 Å². The van der Waals surface area contributed by atoms with Crippen molar-refractivity contribution in [1.29, 1.82) is 0 Å². The van der Waals surface area contributed by atoms with Gasteiger partial charge in [-0.15, -0.1) is 0 Å². The van der Waals surface area contributed by atoms with Gasteiger partial charge in [0, 0.05) is 32.5 Å². The second kappa shape index (κ2) is 8.84. The molecule has 152 valence electrons. The van der Waals surface area contributed by atoms with Crippen LogP contribution in [0.2, 0.25) is 0 Å². The van der Waals surface area contributed by atoms with Gasteiger partial charge in [0.2, 0.25) is 5.88 Å². The van der Waals surface area contributed by atoms with Gasteiger partial charge in [0.15, 0.2) is 0 Å². The van der Waals surface area contributed by atoms with Crippen LogP contribution in [-0.2, 0) is 9.47 Å². The molecule has 2 heterocycles. The van der Waals surface area contributed by atoms with Crippen LogP contribution in [-0.4, -0.2) is 98.3 Å². The van der Waals surface area contributed by atoms with Crippen molar-refractivity contribution in [3.05, 3.63) is 24.4 Å².